The molecule has 4 saturated carbocycles. The lowest BCUT2D eigenvalue weighted by Crippen LogP contribution is -2.53. The second kappa shape index (κ2) is 4.64. The number of aliphatic hydroxyl groups is 2. The van der Waals surface area contributed by atoms with E-state index in [1.54, 1.807) is 6.08 Å². The van der Waals surface area contributed by atoms with Gasteiger partial charge in [-0.05, 0) is 85.5 Å². The predicted octanol–water partition coefficient (Wildman–Crippen LogP) is 2.58. The molecule has 132 valence electrons. The lowest BCUT2D eigenvalue weighted by Gasteiger charge is -2.60. The zero-order valence-corrected chi connectivity index (χ0v) is 14.5. The molecule has 1 spiro atoms. The van der Waals surface area contributed by atoms with Crippen molar-refractivity contribution in [2.24, 2.45) is 28.6 Å². The number of esters is 1. The van der Waals surface area contributed by atoms with Gasteiger partial charge in [-0.25, -0.2) is 4.79 Å². The molecule has 4 fully saturated rings. The van der Waals surface area contributed by atoms with Gasteiger partial charge >= 0.3 is 5.97 Å². The molecule has 4 aliphatic carbocycles. The number of carbonyl (C=O) groups excluding carboxylic acids is 1. The fourth-order valence-electron chi connectivity index (χ4n) is 7.76. The monoisotopic (exact) mass is 332 g/mol. The van der Waals surface area contributed by atoms with Crippen molar-refractivity contribution < 1.29 is 19.7 Å². The Balaban J connectivity index is 1.53. The van der Waals surface area contributed by atoms with Gasteiger partial charge in [0, 0.05) is 6.08 Å². The van der Waals surface area contributed by atoms with E-state index in [1.807, 2.05) is 0 Å². The number of rotatable bonds is 1. The summed E-state index contributed by atoms with van der Waals surface area (Å²) in [7, 11) is 0. The molecule has 2 N–H and O–H groups in total. The maximum atomic E-state index is 11.8. The van der Waals surface area contributed by atoms with Crippen LogP contribution in [-0.4, -0.2) is 34.5 Å². The van der Waals surface area contributed by atoms with E-state index in [-0.39, 0.29) is 35.4 Å². The summed E-state index contributed by atoms with van der Waals surface area (Å²) in [6.07, 6.45) is 10.1. The van der Waals surface area contributed by atoms with Gasteiger partial charge in [0.25, 0.3) is 0 Å². The van der Waals surface area contributed by atoms with Gasteiger partial charge in [0.2, 0.25) is 0 Å². The van der Waals surface area contributed by atoms with E-state index < -0.39 is 5.60 Å². The Bertz CT molecular complexity index is 627. The van der Waals surface area contributed by atoms with Crippen LogP contribution in [0.15, 0.2) is 11.6 Å². The van der Waals surface area contributed by atoms with Gasteiger partial charge in [0.1, 0.15) is 6.10 Å². The van der Waals surface area contributed by atoms with Crippen molar-refractivity contribution in [2.75, 3.05) is 6.61 Å². The van der Waals surface area contributed by atoms with Gasteiger partial charge < -0.3 is 14.9 Å². The third-order valence-electron chi connectivity index (χ3n) is 8.67. The van der Waals surface area contributed by atoms with E-state index in [1.165, 1.54) is 5.57 Å². The SMILES string of the molecule is C[C@@]12CC[C@H]3OC(=O)C=C3[C@H]1CC[C@@]13C[C@@H](CC[C@H]12)[C@@](O)(CO)C3. The van der Waals surface area contributed by atoms with Gasteiger partial charge in [-0.15, -0.1) is 0 Å². The summed E-state index contributed by atoms with van der Waals surface area (Å²) in [4.78, 5) is 11.8. The van der Waals surface area contributed by atoms with E-state index in [4.69, 9.17) is 4.74 Å². The first-order valence-corrected chi connectivity index (χ1v) is 9.66. The fourth-order valence-corrected chi connectivity index (χ4v) is 7.76. The maximum absolute atomic E-state index is 11.8. The first-order valence-electron chi connectivity index (χ1n) is 9.66. The van der Waals surface area contributed by atoms with Gasteiger partial charge in [-0.1, -0.05) is 6.92 Å². The lowest BCUT2D eigenvalue weighted by molar-refractivity contribution is -0.143. The molecule has 0 aromatic heterocycles. The van der Waals surface area contributed by atoms with Crippen molar-refractivity contribution in [1.29, 1.82) is 0 Å². The Hall–Kier alpha value is -0.870. The van der Waals surface area contributed by atoms with Crippen LogP contribution in [-0.2, 0) is 9.53 Å². The molecule has 24 heavy (non-hydrogen) atoms. The molecule has 0 amide bonds. The van der Waals surface area contributed by atoms with E-state index in [0.717, 1.165) is 51.4 Å². The molecule has 0 saturated heterocycles. The van der Waals surface area contributed by atoms with Crippen molar-refractivity contribution in [3.63, 3.8) is 0 Å². The Labute approximate surface area is 143 Å². The average Bonchev–Trinajstić information content (AvgIpc) is 3.02. The molecule has 0 aromatic rings. The third kappa shape index (κ3) is 1.74. The predicted molar refractivity (Wildman–Crippen MR) is 87.9 cm³/mol. The zero-order chi connectivity index (χ0) is 16.7. The molecular weight excluding hydrogens is 304 g/mol. The first kappa shape index (κ1) is 15.4. The van der Waals surface area contributed by atoms with Crippen molar-refractivity contribution in [2.45, 2.75) is 70.0 Å². The normalized spacial score (nSPS) is 55.3. The standard InChI is InChI=1S/C20H28O4/c1-18-6-5-15-13(8-17(22)24-15)14(18)4-7-19-9-12(2-3-16(18)19)20(23,10-19)11-21/h8,12,14-16,21,23H,2-7,9-11H2,1H3/t12-,14-,15-,16+,18-,19+,20+/m1/s1. The Morgan fingerprint density at radius 3 is 2.88 bits per heavy atom. The van der Waals surface area contributed by atoms with Crippen LogP contribution in [0.25, 0.3) is 0 Å². The highest BCUT2D eigenvalue weighted by atomic mass is 16.5. The van der Waals surface area contributed by atoms with Crippen LogP contribution < -0.4 is 0 Å². The summed E-state index contributed by atoms with van der Waals surface area (Å²) in [6, 6.07) is 0. The summed E-state index contributed by atoms with van der Waals surface area (Å²) in [5, 5.41) is 20.7. The molecular formula is C20H28O4. The second-order valence-electron chi connectivity index (χ2n) is 9.54. The molecule has 0 unspecified atom stereocenters. The molecule has 0 aromatic carbocycles. The maximum Gasteiger partial charge on any atom is 0.331 e. The molecule has 1 aliphatic heterocycles. The number of hydrogen-bond donors (Lipinski definition) is 2. The Morgan fingerprint density at radius 1 is 1.25 bits per heavy atom. The summed E-state index contributed by atoms with van der Waals surface area (Å²) in [5.41, 5.74) is 0.796. The molecule has 1 heterocycles. The van der Waals surface area contributed by atoms with Crippen LogP contribution >= 0.6 is 0 Å². The van der Waals surface area contributed by atoms with Crippen LogP contribution in [0.1, 0.15) is 58.3 Å². The van der Waals surface area contributed by atoms with Crippen LogP contribution in [0.2, 0.25) is 0 Å². The highest BCUT2D eigenvalue weighted by Gasteiger charge is 2.66. The minimum absolute atomic E-state index is 0.0268. The van der Waals surface area contributed by atoms with Gasteiger partial charge in [0.15, 0.2) is 0 Å². The fraction of sp³-hybridized carbons (Fsp3) is 0.850. The summed E-state index contributed by atoms with van der Waals surface area (Å²) in [6.45, 7) is 2.33. The quantitative estimate of drug-likeness (QED) is 0.724. The minimum atomic E-state index is -0.860. The smallest absolute Gasteiger partial charge is 0.331 e. The van der Waals surface area contributed by atoms with Crippen molar-refractivity contribution >= 4 is 5.97 Å². The van der Waals surface area contributed by atoms with Crippen LogP contribution in [0.5, 0.6) is 0 Å². The Morgan fingerprint density at radius 2 is 2.08 bits per heavy atom. The molecule has 2 bridgehead atoms. The topological polar surface area (TPSA) is 66.8 Å². The largest absolute Gasteiger partial charge is 0.455 e. The molecule has 5 aliphatic rings. The van der Waals surface area contributed by atoms with Crippen LogP contribution in [0.4, 0.5) is 0 Å². The second-order valence-corrected chi connectivity index (χ2v) is 9.54. The number of ether oxygens (including phenoxy) is 1. The van der Waals surface area contributed by atoms with Gasteiger partial charge in [-0.2, -0.15) is 0 Å². The summed E-state index contributed by atoms with van der Waals surface area (Å²) >= 11 is 0. The number of hydrogen-bond acceptors (Lipinski definition) is 4. The van der Waals surface area contributed by atoms with E-state index >= 15 is 0 Å². The molecule has 4 nitrogen and oxygen atoms in total. The third-order valence-corrected chi connectivity index (χ3v) is 8.67. The van der Waals surface area contributed by atoms with E-state index in [2.05, 4.69) is 6.92 Å². The van der Waals surface area contributed by atoms with Crippen LogP contribution in [0.3, 0.4) is 0 Å². The molecule has 0 radical (unpaired) electrons. The Kier molecular flexibility index (Phi) is 2.98. The highest BCUT2D eigenvalue weighted by molar-refractivity contribution is 5.86. The molecule has 4 heteroatoms. The average molecular weight is 332 g/mol. The van der Waals surface area contributed by atoms with Crippen molar-refractivity contribution in [3.8, 4) is 0 Å². The number of aliphatic hydroxyl groups excluding tert-OH is 1. The number of carbonyl (C=O) groups is 1. The molecule has 7 atom stereocenters. The van der Waals surface area contributed by atoms with Gasteiger partial charge in [-0.3, -0.25) is 0 Å². The van der Waals surface area contributed by atoms with Crippen molar-refractivity contribution in [3.05, 3.63) is 11.6 Å². The summed E-state index contributed by atoms with van der Waals surface area (Å²) < 4.78 is 5.50. The van der Waals surface area contributed by atoms with Crippen molar-refractivity contribution in [1.82, 2.24) is 0 Å². The van der Waals surface area contributed by atoms with E-state index in [9.17, 15) is 15.0 Å². The van der Waals surface area contributed by atoms with Crippen LogP contribution in [0, 0.1) is 28.6 Å². The van der Waals surface area contributed by atoms with E-state index in [0.29, 0.717) is 11.8 Å². The highest BCUT2D eigenvalue weighted by Crippen LogP contribution is 2.71. The lowest BCUT2D eigenvalue weighted by atomic mass is 9.44. The first-order chi connectivity index (χ1) is 11.4. The minimum Gasteiger partial charge on any atom is -0.455 e. The summed E-state index contributed by atoms with van der Waals surface area (Å²) in [5.74, 6) is 1.17. The van der Waals surface area contributed by atoms with Gasteiger partial charge in [0.05, 0.1) is 12.2 Å². The molecule has 5 rings (SSSR count). The zero-order valence-electron chi connectivity index (χ0n) is 14.5. The number of fused-ring (bicyclic) bond motifs is 5.